The van der Waals surface area contributed by atoms with Crippen molar-refractivity contribution in [2.45, 2.75) is 32.9 Å². The van der Waals surface area contributed by atoms with Crippen LogP contribution in [0.25, 0.3) is 0 Å². The van der Waals surface area contributed by atoms with Crippen molar-refractivity contribution >= 4 is 35.1 Å². The fourth-order valence-corrected chi connectivity index (χ4v) is 5.57. The molecule has 5 rings (SSSR count). The van der Waals surface area contributed by atoms with Crippen LogP contribution in [0.5, 0.6) is 29.1 Å². The Morgan fingerprint density at radius 1 is 1.00 bits per heavy atom. The monoisotopic (exact) mass is 638 g/mol. The number of carbonyl (C=O) groups is 2. The van der Waals surface area contributed by atoms with Gasteiger partial charge in [-0.3, -0.25) is 10.2 Å². The minimum atomic E-state index is -0.759. The fourth-order valence-electron chi connectivity index (χ4n) is 5.57. The Bertz CT molecular complexity index is 1880. The predicted octanol–water partition coefficient (Wildman–Crippen LogP) is 5.28. The molecule has 3 aromatic carbocycles. The molecular formula is C34H36N7O6+. The van der Waals surface area contributed by atoms with E-state index in [0.29, 0.717) is 29.2 Å². The predicted molar refractivity (Wildman–Crippen MR) is 177 cm³/mol. The number of aromatic nitrogens is 2. The number of fused-ring (bicyclic) bond motifs is 1. The largest absolute Gasteiger partial charge is 0.504 e. The van der Waals surface area contributed by atoms with E-state index in [0.717, 1.165) is 5.56 Å². The molecular weight excluding hydrogens is 602 g/mol. The van der Waals surface area contributed by atoms with Crippen LogP contribution in [-0.2, 0) is 16.1 Å². The molecule has 4 N–H and O–H groups in total. The van der Waals surface area contributed by atoms with Crippen LogP contribution in [0.4, 0.5) is 11.5 Å². The Hall–Kier alpha value is -5.82. The molecule has 0 fully saturated rings. The summed E-state index contributed by atoms with van der Waals surface area (Å²) in [6.45, 7) is 3.98. The number of benzene rings is 3. The summed E-state index contributed by atoms with van der Waals surface area (Å²) in [5.41, 5.74) is 7.44. The summed E-state index contributed by atoms with van der Waals surface area (Å²) in [4.78, 5) is 41.8. The van der Waals surface area contributed by atoms with Gasteiger partial charge >= 0.3 is 12.0 Å². The first kappa shape index (κ1) is 32.6. The Morgan fingerprint density at radius 3 is 2.38 bits per heavy atom. The van der Waals surface area contributed by atoms with E-state index in [1.54, 1.807) is 45.3 Å². The second kappa shape index (κ2) is 13.3. The summed E-state index contributed by atoms with van der Waals surface area (Å²) >= 11 is 0. The molecule has 2 heterocycles. The van der Waals surface area contributed by atoms with E-state index in [9.17, 15) is 14.7 Å². The van der Waals surface area contributed by atoms with Crippen molar-refractivity contribution in [2.75, 3.05) is 21.2 Å². The summed E-state index contributed by atoms with van der Waals surface area (Å²) in [5, 5.41) is 18.5. The number of ether oxygens (including phenoxy) is 3. The molecule has 0 aliphatic carbocycles. The van der Waals surface area contributed by atoms with E-state index >= 15 is 0 Å². The first-order chi connectivity index (χ1) is 22.5. The van der Waals surface area contributed by atoms with E-state index < -0.39 is 12.0 Å². The summed E-state index contributed by atoms with van der Waals surface area (Å²) < 4.78 is 17.5. The number of phenols is 1. The molecule has 2 unspecified atom stereocenters. The lowest BCUT2D eigenvalue weighted by molar-refractivity contribution is -0.145. The maximum absolute atomic E-state index is 13.4. The number of hydrogen-bond acceptors (Lipinski definition) is 10. The molecule has 1 amide bonds. The number of rotatable bonds is 11. The van der Waals surface area contributed by atoms with Crippen LogP contribution >= 0.6 is 0 Å². The molecule has 1 aliphatic rings. The zero-order valence-corrected chi connectivity index (χ0v) is 26.7. The van der Waals surface area contributed by atoms with E-state index in [1.165, 1.54) is 30.2 Å². The number of methoxy groups -OCH3 is 1. The van der Waals surface area contributed by atoms with Crippen LogP contribution in [-0.4, -0.2) is 70.8 Å². The third kappa shape index (κ3) is 6.33. The number of phenolic OH excluding ortho intramolecular Hbond substituents is 1. The lowest BCUT2D eigenvalue weighted by Crippen LogP contribution is -2.61. The summed E-state index contributed by atoms with van der Waals surface area (Å²) in [6, 6.07) is 19.6. The number of amidine groups is 2. The first-order valence-electron chi connectivity index (χ1n) is 14.8. The van der Waals surface area contributed by atoms with E-state index in [1.807, 2.05) is 37.3 Å². The molecule has 0 radical (unpaired) electrons. The second-order valence-electron chi connectivity index (χ2n) is 11.1. The van der Waals surface area contributed by atoms with Gasteiger partial charge in [0.15, 0.2) is 17.5 Å². The number of nitrogens with one attached hydrogen (secondary N) is 1. The summed E-state index contributed by atoms with van der Waals surface area (Å²) in [7, 11) is 4.64. The standard InChI is InChI=1S/C34H35N7O6/c1-6-25(33(44)45-5)41(19-21-11-8-7-9-12-21)20(2)37-28-30(41)38-34(46-24-14-10-13-23(17-24)32(43)40(3)4)39-31(28)47-27-16-15-22(29(35)36)18-26(27)42/h7-18,25H,6,19H2,1-5H3,(H3-,35,36,42)/p+1. The highest BCUT2D eigenvalue weighted by atomic mass is 16.5. The molecule has 0 bridgehead atoms. The van der Waals surface area contributed by atoms with E-state index in [-0.39, 0.29) is 57.6 Å². The number of hydrogen-bond donors (Lipinski definition) is 3. The molecule has 0 spiro atoms. The maximum Gasteiger partial charge on any atom is 0.365 e. The van der Waals surface area contributed by atoms with Crippen molar-refractivity contribution in [2.24, 2.45) is 10.7 Å². The Labute approximate surface area is 272 Å². The first-order valence-corrected chi connectivity index (χ1v) is 14.8. The number of aromatic hydroxyl groups is 1. The molecule has 0 saturated heterocycles. The zero-order chi connectivity index (χ0) is 33.9. The number of quaternary nitrogens is 1. The van der Waals surface area contributed by atoms with Crippen LogP contribution in [0.3, 0.4) is 0 Å². The summed E-state index contributed by atoms with van der Waals surface area (Å²) in [6.07, 6.45) is 0.379. The fraction of sp³-hybridized carbons (Fsp3) is 0.235. The number of amides is 1. The van der Waals surface area contributed by atoms with E-state index in [2.05, 4.69) is 4.98 Å². The minimum Gasteiger partial charge on any atom is -0.504 e. The van der Waals surface area contributed by atoms with Crippen LogP contribution in [0, 0.1) is 5.41 Å². The van der Waals surface area contributed by atoms with Crippen molar-refractivity contribution in [3.8, 4) is 29.1 Å². The Balaban J connectivity index is 1.72. The highest BCUT2D eigenvalue weighted by molar-refractivity contribution is 6.04. The van der Waals surface area contributed by atoms with Gasteiger partial charge in [0.05, 0.1) is 7.11 Å². The van der Waals surface area contributed by atoms with Gasteiger partial charge < -0.3 is 30.0 Å². The van der Waals surface area contributed by atoms with Gasteiger partial charge in [0.1, 0.15) is 18.1 Å². The number of aliphatic imine (C=N–C) groups is 1. The highest BCUT2D eigenvalue weighted by Crippen LogP contribution is 2.50. The molecule has 13 heteroatoms. The van der Waals surface area contributed by atoms with Crippen molar-refractivity contribution in [1.29, 1.82) is 5.41 Å². The van der Waals surface area contributed by atoms with Crippen molar-refractivity contribution in [3.63, 3.8) is 0 Å². The van der Waals surface area contributed by atoms with Crippen LogP contribution in [0.2, 0.25) is 0 Å². The molecule has 242 valence electrons. The molecule has 1 aliphatic heterocycles. The van der Waals surface area contributed by atoms with Gasteiger partial charge in [-0.2, -0.15) is 9.98 Å². The van der Waals surface area contributed by atoms with Gasteiger partial charge in [-0.25, -0.2) is 9.28 Å². The van der Waals surface area contributed by atoms with Crippen molar-refractivity contribution in [3.05, 3.63) is 89.5 Å². The lowest BCUT2D eigenvalue weighted by atomic mass is 10.1. The Kier molecular flexibility index (Phi) is 9.19. The van der Waals surface area contributed by atoms with E-state index in [4.69, 9.17) is 35.3 Å². The quantitative estimate of drug-likeness (QED) is 0.0855. The maximum atomic E-state index is 13.4. The van der Waals surface area contributed by atoms with Crippen molar-refractivity contribution < 1.29 is 28.9 Å². The number of carbonyl (C=O) groups excluding carboxylic acids is 2. The van der Waals surface area contributed by atoms with Crippen LogP contribution < -0.4 is 19.7 Å². The van der Waals surface area contributed by atoms with Crippen molar-refractivity contribution in [1.82, 2.24) is 19.4 Å². The zero-order valence-electron chi connectivity index (χ0n) is 26.7. The minimum absolute atomic E-state index is 0.0151. The average Bonchev–Trinajstić information content (AvgIpc) is 3.33. The third-order valence-corrected chi connectivity index (χ3v) is 7.88. The number of nitrogens with zero attached hydrogens (tertiary/aromatic N) is 5. The molecule has 0 saturated carbocycles. The van der Waals surface area contributed by atoms with Crippen LogP contribution in [0.15, 0.2) is 77.8 Å². The molecule has 4 aromatic rings. The van der Waals surface area contributed by atoms with Gasteiger partial charge in [0.25, 0.3) is 17.6 Å². The smallest absolute Gasteiger partial charge is 0.365 e. The Morgan fingerprint density at radius 2 is 1.74 bits per heavy atom. The van der Waals surface area contributed by atoms with Gasteiger partial charge in [-0.15, -0.1) is 4.98 Å². The molecule has 1 aromatic heterocycles. The van der Waals surface area contributed by atoms with Gasteiger partial charge in [0.2, 0.25) is 11.5 Å². The third-order valence-electron chi connectivity index (χ3n) is 7.88. The molecule has 13 nitrogen and oxygen atoms in total. The second-order valence-corrected chi connectivity index (χ2v) is 11.1. The number of nitrogens with two attached hydrogens (primary N) is 1. The average molecular weight is 639 g/mol. The SMILES string of the molecule is CCC(C(=O)OC)[N+]1(Cc2ccccc2)C(C)=Nc2c(Oc3ccc(C(=N)N)cc3O)nc(Oc3cccc(C(=O)N(C)C)c3)nc21. The molecule has 2 atom stereocenters. The van der Waals surface area contributed by atoms with Gasteiger partial charge in [-0.1, -0.05) is 43.3 Å². The lowest BCUT2D eigenvalue weighted by Gasteiger charge is -2.38. The van der Waals surface area contributed by atoms with Gasteiger partial charge in [-0.05, 0) is 36.4 Å². The van der Waals surface area contributed by atoms with Crippen LogP contribution in [0.1, 0.15) is 41.8 Å². The number of esters is 1. The number of nitrogen functional groups attached to an aromatic ring is 1. The summed E-state index contributed by atoms with van der Waals surface area (Å²) in [5.74, 6) is -0.0775. The van der Waals surface area contributed by atoms with Gasteiger partial charge in [0, 0.05) is 44.1 Å². The normalized spacial score (nSPS) is 15.6. The highest BCUT2D eigenvalue weighted by Gasteiger charge is 2.54. The molecule has 47 heavy (non-hydrogen) atoms. The topological polar surface area (TPSA) is 173 Å².